The van der Waals surface area contributed by atoms with Crippen molar-refractivity contribution in [1.82, 2.24) is 19.4 Å². The average Bonchev–Trinajstić information content (AvgIpc) is 3.33. The predicted octanol–water partition coefficient (Wildman–Crippen LogP) is 6.25. The molecule has 0 aliphatic carbocycles. The number of benzene rings is 2. The molecule has 4 aromatic rings. The Balaban J connectivity index is 0.00000152. The molecule has 0 spiro atoms. The van der Waals surface area contributed by atoms with E-state index in [1.165, 1.54) is 5.56 Å². The van der Waals surface area contributed by atoms with Crippen LogP contribution in [0.4, 0.5) is 5.95 Å². The largest absolute Gasteiger partial charge is 0.508 e. The summed E-state index contributed by atoms with van der Waals surface area (Å²) in [5, 5.41) is 13.2. The molecule has 2 aromatic carbocycles. The molecule has 36 heavy (non-hydrogen) atoms. The first-order valence-corrected chi connectivity index (χ1v) is 11.7. The summed E-state index contributed by atoms with van der Waals surface area (Å²) in [6.07, 6.45) is 3.17. The minimum Gasteiger partial charge on any atom is -0.508 e. The van der Waals surface area contributed by atoms with Crippen LogP contribution in [0.1, 0.15) is 35.7 Å². The van der Waals surface area contributed by atoms with Crippen molar-refractivity contribution in [3.63, 3.8) is 0 Å². The van der Waals surface area contributed by atoms with Crippen LogP contribution < -0.4 is 5.32 Å². The standard InChI is InChI=1S/C26H31N5O2.3BrH/c1-18-24(27-19(2)33-18)17-31-25-6-4-3-5-23(25)29-26(31)28-21-12-15-30(16-13-21)14-11-20-7-9-22(32)10-8-20;;;/h3-10,21,32H,11-17H2,1-2H3,(H,28,29);3*1H. The Hall–Kier alpha value is -1.88. The van der Waals surface area contributed by atoms with Gasteiger partial charge in [-0.25, -0.2) is 9.97 Å². The summed E-state index contributed by atoms with van der Waals surface area (Å²) in [6, 6.07) is 16.2. The van der Waals surface area contributed by atoms with Crippen LogP contribution in [-0.2, 0) is 13.0 Å². The summed E-state index contributed by atoms with van der Waals surface area (Å²) >= 11 is 0. The molecule has 5 rings (SSSR count). The maximum absolute atomic E-state index is 9.45. The molecule has 0 radical (unpaired) electrons. The number of para-hydroxylation sites is 2. The molecule has 1 aliphatic heterocycles. The summed E-state index contributed by atoms with van der Waals surface area (Å²) in [7, 11) is 0. The van der Waals surface area contributed by atoms with Crippen LogP contribution in [0.25, 0.3) is 11.0 Å². The maximum atomic E-state index is 9.45. The van der Waals surface area contributed by atoms with Crippen LogP contribution >= 0.6 is 50.9 Å². The lowest BCUT2D eigenvalue weighted by molar-refractivity contribution is 0.221. The number of aryl methyl sites for hydroxylation is 2. The third-order valence-electron chi connectivity index (χ3n) is 6.54. The van der Waals surface area contributed by atoms with E-state index < -0.39 is 0 Å². The molecule has 3 heterocycles. The van der Waals surface area contributed by atoms with E-state index in [0.717, 1.165) is 67.3 Å². The molecule has 0 atom stereocenters. The number of piperidine rings is 1. The second kappa shape index (κ2) is 13.6. The van der Waals surface area contributed by atoms with Gasteiger partial charge in [0.25, 0.3) is 0 Å². The summed E-state index contributed by atoms with van der Waals surface area (Å²) in [4.78, 5) is 12.0. The summed E-state index contributed by atoms with van der Waals surface area (Å²) in [5.41, 5.74) is 4.30. The van der Waals surface area contributed by atoms with Crippen molar-refractivity contribution in [2.45, 2.75) is 45.7 Å². The second-order valence-electron chi connectivity index (χ2n) is 8.92. The smallest absolute Gasteiger partial charge is 0.204 e. The molecule has 0 saturated carbocycles. The molecule has 1 saturated heterocycles. The average molecular weight is 688 g/mol. The maximum Gasteiger partial charge on any atom is 0.204 e. The summed E-state index contributed by atoms with van der Waals surface area (Å²) in [5.74, 6) is 2.78. The van der Waals surface area contributed by atoms with Crippen molar-refractivity contribution < 1.29 is 9.52 Å². The molecule has 2 aromatic heterocycles. The number of hydrogen-bond acceptors (Lipinski definition) is 6. The Kier molecular flexibility index (Phi) is 11.5. The number of aromatic hydroxyl groups is 1. The summed E-state index contributed by atoms with van der Waals surface area (Å²) < 4.78 is 7.87. The van der Waals surface area contributed by atoms with E-state index >= 15 is 0 Å². The third kappa shape index (κ3) is 7.12. The number of oxazole rings is 1. The molecule has 196 valence electrons. The Bertz CT molecular complexity index is 1230. The van der Waals surface area contributed by atoms with Gasteiger partial charge in [-0.3, -0.25) is 0 Å². The zero-order valence-electron chi connectivity index (χ0n) is 20.5. The molecule has 1 fully saturated rings. The molecule has 10 heteroatoms. The van der Waals surface area contributed by atoms with Gasteiger partial charge in [0.05, 0.1) is 17.6 Å². The lowest BCUT2D eigenvalue weighted by Gasteiger charge is -2.32. The first kappa shape index (κ1) is 30.3. The minimum absolute atomic E-state index is 0. The lowest BCUT2D eigenvalue weighted by Crippen LogP contribution is -2.40. The van der Waals surface area contributed by atoms with E-state index in [1.807, 2.05) is 32.0 Å². The Morgan fingerprint density at radius 3 is 2.33 bits per heavy atom. The number of phenolic OH excluding ortho intramolecular Hbond substituents is 1. The molecular formula is C26H34Br3N5O2. The molecule has 1 aliphatic rings. The number of nitrogens with one attached hydrogen (secondary N) is 1. The lowest BCUT2D eigenvalue weighted by atomic mass is 10.0. The highest BCUT2D eigenvalue weighted by molar-refractivity contribution is 8.93. The number of anilines is 1. The van der Waals surface area contributed by atoms with E-state index in [1.54, 1.807) is 12.1 Å². The fourth-order valence-electron chi connectivity index (χ4n) is 4.65. The Labute approximate surface area is 243 Å². The van der Waals surface area contributed by atoms with Crippen LogP contribution in [0.3, 0.4) is 0 Å². The number of fused-ring (bicyclic) bond motifs is 1. The molecular weight excluding hydrogens is 654 g/mol. The van der Waals surface area contributed by atoms with Crippen LogP contribution in [-0.4, -0.2) is 50.2 Å². The first-order valence-electron chi connectivity index (χ1n) is 11.7. The van der Waals surface area contributed by atoms with Gasteiger partial charge in [0.2, 0.25) is 5.95 Å². The first-order chi connectivity index (χ1) is 16.0. The third-order valence-corrected chi connectivity index (χ3v) is 6.54. The van der Waals surface area contributed by atoms with Gasteiger partial charge in [-0.2, -0.15) is 0 Å². The Morgan fingerprint density at radius 2 is 1.67 bits per heavy atom. The molecule has 7 nitrogen and oxygen atoms in total. The van der Waals surface area contributed by atoms with E-state index in [9.17, 15) is 5.11 Å². The number of halogens is 3. The zero-order chi connectivity index (χ0) is 22.8. The Morgan fingerprint density at radius 1 is 0.972 bits per heavy atom. The number of likely N-dealkylation sites (tertiary alicyclic amines) is 1. The van der Waals surface area contributed by atoms with Crippen molar-refractivity contribution in [3.05, 3.63) is 71.4 Å². The van der Waals surface area contributed by atoms with E-state index in [2.05, 4.69) is 38.0 Å². The van der Waals surface area contributed by atoms with Crippen molar-refractivity contribution in [1.29, 1.82) is 0 Å². The second-order valence-corrected chi connectivity index (χ2v) is 8.92. The predicted molar refractivity (Wildman–Crippen MR) is 161 cm³/mol. The summed E-state index contributed by atoms with van der Waals surface area (Å²) in [6.45, 7) is 7.67. The van der Waals surface area contributed by atoms with Gasteiger partial charge in [-0.05, 0) is 56.0 Å². The van der Waals surface area contributed by atoms with Gasteiger partial charge in [0.1, 0.15) is 17.2 Å². The van der Waals surface area contributed by atoms with Gasteiger partial charge < -0.3 is 24.3 Å². The van der Waals surface area contributed by atoms with E-state index in [4.69, 9.17) is 9.40 Å². The SMILES string of the molecule is Br.Br.Br.Cc1nc(Cn2c(NC3CCN(CCc4ccc(O)cc4)CC3)nc3ccccc32)c(C)o1. The number of hydrogen-bond donors (Lipinski definition) is 2. The quantitative estimate of drug-likeness (QED) is 0.239. The van der Waals surface area contributed by atoms with Crippen LogP contribution in [0, 0.1) is 13.8 Å². The zero-order valence-corrected chi connectivity index (χ0v) is 25.7. The monoisotopic (exact) mass is 685 g/mol. The molecule has 0 unspecified atom stereocenters. The van der Waals surface area contributed by atoms with E-state index in [0.29, 0.717) is 24.2 Å². The van der Waals surface area contributed by atoms with Gasteiger partial charge in [-0.15, -0.1) is 50.9 Å². The van der Waals surface area contributed by atoms with Gasteiger partial charge in [0, 0.05) is 32.6 Å². The number of imidazole rings is 1. The highest BCUT2D eigenvalue weighted by Crippen LogP contribution is 2.25. The highest BCUT2D eigenvalue weighted by Gasteiger charge is 2.22. The van der Waals surface area contributed by atoms with Gasteiger partial charge >= 0.3 is 0 Å². The minimum atomic E-state index is 0. The van der Waals surface area contributed by atoms with Gasteiger partial charge in [-0.1, -0.05) is 24.3 Å². The number of phenols is 1. The van der Waals surface area contributed by atoms with Crippen molar-refractivity contribution in [2.24, 2.45) is 0 Å². The number of nitrogens with zero attached hydrogens (tertiary/aromatic N) is 4. The molecule has 0 amide bonds. The fraction of sp³-hybridized carbons (Fsp3) is 0.385. The topological polar surface area (TPSA) is 79.4 Å². The van der Waals surface area contributed by atoms with Crippen molar-refractivity contribution in [2.75, 3.05) is 25.0 Å². The molecule has 0 bridgehead atoms. The van der Waals surface area contributed by atoms with E-state index in [-0.39, 0.29) is 50.9 Å². The fourth-order valence-corrected chi connectivity index (χ4v) is 4.65. The van der Waals surface area contributed by atoms with Crippen LogP contribution in [0.5, 0.6) is 5.75 Å². The van der Waals surface area contributed by atoms with Crippen LogP contribution in [0.2, 0.25) is 0 Å². The number of rotatable bonds is 7. The normalized spacial score (nSPS) is 14.1. The van der Waals surface area contributed by atoms with Crippen LogP contribution in [0.15, 0.2) is 52.9 Å². The number of aromatic nitrogens is 3. The molecule has 2 N–H and O–H groups in total. The highest BCUT2D eigenvalue weighted by atomic mass is 79.9. The van der Waals surface area contributed by atoms with Crippen molar-refractivity contribution >= 4 is 67.9 Å². The van der Waals surface area contributed by atoms with Crippen molar-refractivity contribution in [3.8, 4) is 5.75 Å². The van der Waals surface area contributed by atoms with Gasteiger partial charge in [0.15, 0.2) is 5.89 Å².